The lowest BCUT2D eigenvalue weighted by Crippen LogP contribution is -2.17. The number of nitrogens with zero attached hydrogens (tertiary/aromatic N) is 3. The van der Waals surface area contributed by atoms with Crippen LogP contribution in [0.25, 0.3) is 11.3 Å². The average Bonchev–Trinajstić information content (AvgIpc) is 2.90. The number of para-hydroxylation sites is 1. The molecule has 9 heteroatoms. The van der Waals surface area contributed by atoms with E-state index in [1.165, 1.54) is 26.0 Å². The van der Waals surface area contributed by atoms with E-state index in [4.69, 9.17) is 14.2 Å². The number of hydrogen-bond acceptors (Lipinski definition) is 9. The van der Waals surface area contributed by atoms with E-state index in [9.17, 15) is 5.11 Å². The first kappa shape index (κ1) is 18.2. The van der Waals surface area contributed by atoms with Crippen LogP contribution in [-0.4, -0.2) is 40.8 Å². The molecular formula is C19H18N4O4S. The van der Waals surface area contributed by atoms with Crippen LogP contribution in [0.2, 0.25) is 0 Å². The molecule has 1 aliphatic heterocycles. The Morgan fingerprint density at radius 1 is 1.11 bits per heavy atom. The summed E-state index contributed by atoms with van der Waals surface area (Å²) in [4.78, 5) is 4.48. The SMILES string of the molecule is COc1cc([C@@H]2Nc3ccccc3-c3nnc(SC)nc3O2)cc(OC)c1O. The number of aromatic nitrogens is 3. The number of phenolic OH excluding ortho intramolecular Hbond substituents is 1. The Bertz CT molecular complexity index is 1010. The van der Waals surface area contributed by atoms with Gasteiger partial charge in [-0.25, -0.2) is 0 Å². The Morgan fingerprint density at radius 2 is 1.82 bits per heavy atom. The lowest BCUT2D eigenvalue weighted by molar-refractivity contribution is 0.223. The Morgan fingerprint density at radius 3 is 2.50 bits per heavy atom. The van der Waals surface area contributed by atoms with Gasteiger partial charge in [-0.2, -0.15) is 4.98 Å². The zero-order chi connectivity index (χ0) is 19.7. The molecule has 28 heavy (non-hydrogen) atoms. The number of anilines is 1. The van der Waals surface area contributed by atoms with Crippen LogP contribution in [0.15, 0.2) is 41.6 Å². The smallest absolute Gasteiger partial charge is 0.247 e. The Kier molecular flexibility index (Phi) is 4.82. The maximum absolute atomic E-state index is 10.2. The molecule has 0 bridgehead atoms. The first-order chi connectivity index (χ1) is 13.6. The molecule has 0 saturated carbocycles. The van der Waals surface area contributed by atoms with Crippen molar-refractivity contribution >= 4 is 17.4 Å². The van der Waals surface area contributed by atoms with E-state index in [-0.39, 0.29) is 17.2 Å². The number of fused-ring (bicyclic) bond motifs is 3. The third-order valence-electron chi connectivity index (χ3n) is 4.32. The van der Waals surface area contributed by atoms with E-state index in [1.807, 2.05) is 30.5 Å². The third kappa shape index (κ3) is 3.13. The van der Waals surface area contributed by atoms with E-state index >= 15 is 0 Å². The molecule has 2 N–H and O–H groups in total. The van der Waals surface area contributed by atoms with E-state index in [1.54, 1.807) is 12.1 Å². The third-order valence-corrected chi connectivity index (χ3v) is 4.86. The molecular weight excluding hydrogens is 380 g/mol. The van der Waals surface area contributed by atoms with E-state index < -0.39 is 6.23 Å². The van der Waals surface area contributed by atoms with Gasteiger partial charge in [0.15, 0.2) is 23.4 Å². The van der Waals surface area contributed by atoms with E-state index in [0.717, 1.165) is 11.3 Å². The van der Waals surface area contributed by atoms with Crippen LogP contribution in [-0.2, 0) is 0 Å². The average molecular weight is 398 g/mol. The predicted molar refractivity (Wildman–Crippen MR) is 105 cm³/mol. The second kappa shape index (κ2) is 7.43. The summed E-state index contributed by atoms with van der Waals surface area (Å²) in [5.74, 6) is 0.857. The summed E-state index contributed by atoms with van der Waals surface area (Å²) >= 11 is 1.38. The number of rotatable bonds is 4. The molecule has 3 aromatic rings. The normalized spacial score (nSPS) is 14.8. The number of thioether (sulfide) groups is 1. The number of hydrogen-bond donors (Lipinski definition) is 2. The summed E-state index contributed by atoms with van der Waals surface area (Å²) in [6.07, 6.45) is 1.26. The highest BCUT2D eigenvalue weighted by Gasteiger charge is 2.27. The molecule has 1 atom stereocenters. The summed E-state index contributed by atoms with van der Waals surface area (Å²) in [7, 11) is 2.96. The lowest BCUT2D eigenvalue weighted by atomic mass is 10.1. The molecule has 0 amide bonds. The molecule has 8 nitrogen and oxygen atoms in total. The number of ether oxygens (including phenoxy) is 3. The van der Waals surface area contributed by atoms with Crippen LogP contribution in [0.3, 0.4) is 0 Å². The van der Waals surface area contributed by atoms with Crippen LogP contribution in [0.1, 0.15) is 11.8 Å². The molecule has 0 aliphatic carbocycles. The van der Waals surface area contributed by atoms with Crippen LogP contribution >= 0.6 is 11.8 Å². The number of benzene rings is 2. The highest BCUT2D eigenvalue weighted by Crippen LogP contribution is 2.43. The number of phenols is 1. The van der Waals surface area contributed by atoms with Crippen molar-refractivity contribution in [3.8, 4) is 34.4 Å². The van der Waals surface area contributed by atoms with Gasteiger partial charge in [0, 0.05) is 16.8 Å². The van der Waals surface area contributed by atoms with Crippen molar-refractivity contribution in [3.63, 3.8) is 0 Å². The molecule has 144 valence electrons. The lowest BCUT2D eigenvalue weighted by Gasteiger charge is -2.21. The van der Waals surface area contributed by atoms with Crippen LogP contribution in [0.5, 0.6) is 23.1 Å². The monoisotopic (exact) mass is 398 g/mol. The fraction of sp³-hybridized carbons (Fsp3) is 0.211. The van der Waals surface area contributed by atoms with Crippen molar-refractivity contribution < 1.29 is 19.3 Å². The van der Waals surface area contributed by atoms with Crippen molar-refractivity contribution in [1.82, 2.24) is 15.2 Å². The summed E-state index contributed by atoms with van der Waals surface area (Å²) in [6, 6.07) is 11.1. The number of methoxy groups -OCH3 is 2. The van der Waals surface area contributed by atoms with E-state index in [2.05, 4.69) is 20.5 Å². The van der Waals surface area contributed by atoms with Gasteiger partial charge in [0.25, 0.3) is 0 Å². The molecule has 0 fully saturated rings. The quantitative estimate of drug-likeness (QED) is 0.640. The molecule has 2 heterocycles. The predicted octanol–water partition coefficient (Wildman–Crippen LogP) is 3.49. The highest BCUT2D eigenvalue weighted by molar-refractivity contribution is 7.98. The Hall–Kier alpha value is -3.20. The maximum Gasteiger partial charge on any atom is 0.247 e. The molecule has 0 spiro atoms. The first-order valence-corrected chi connectivity index (χ1v) is 9.63. The first-order valence-electron chi connectivity index (χ1n) is 8.40. The molecule has 4 rings (SSSR count). The minimum Gasteiger partial charge on any atom is -0.502 e. The standard InChI is InChI=1S/C19H18N4O4S/c1-25-13-8-10(9-14(26-2)16(13)24)17-20-12-7-5-4-6-11(12)15-18(27-17)21-19(28-3)23-22-15/h4-9,17,20,24H,1-3H3/t17-/m1/s1. The zero-order valence-electron chi connectivity index (χ0n) is 15.5. The largest absolute Gasteiger partial charge is 0.502 e. The summed E-state index contributed by atoms with van der Waals surface area (Å²) in [6.45, 7) is 0. The summed E-state index contributed by atoms with van der Waals surface area (Å²) < 4.78 is 16.7. The second-order valence-corrected chi connectivity index (χ2v) is 6.69. The zero-order valence-corrected chi connectivity index (χ0v) is 16.3. The van der Waals surface area contributed by atoms with Crippen molar-refractivity contribution in [1.29, 1.82) is 0 Å². The van der Waals surface area contributed by atoms with Gasteiger partial charge < -0.3 is 24.6 Å². The maximum atomic E-state index is 10.2. The summed E-state index contributed by atoms with van der Waals surface area (Å²) in [5.41, 5.74) is 2.91. The van der Waals surface area contributed by atoms with Gasteiger partial charge in [-0.05, 0) is 24.5 Å². The fourth-order valence-electron chi connectivity index (χ4n) is 2.95. The number of aromatic hydroxyl groups is 1. The molecule has 1 aliphatic rings. The van der Waals surface area contributed by atoms with Crippen LogP contribution in [0.4, 0.5) is 5.69 Å². The van der Waals surface area contributed by atoms with Gasteiger partial charge in [-0.3, -0.25) is 0 Å². The van der Waals surface area contributed by atoms with Gasteiger partial charge in [-0.1, -0.05) is 30.0 Å². The molecule has 0 unspecified atom stereocenters. The van der Waals surface area contributed by atoms with Gasteiger partial charge in [0.1, 0.15) is 0 Å². The van der Waals surface area contributed by atoms with Gasteiger partial charge >= 0.3 is 0 Å². The van der Waals surface area contributed by atoms with Gasteiger partial charge in [-0.15, -0.1) is 10.2 Å². The summed E-state index contributed by atoms with van der Waals surface area (Å²) in [5, 5.41) is 22.5. The van der Waals surface area contributed by atoms with E-state index in [0.29, 0.717) is 22.3 Å². The minimum absolute atomic E-state index is 0.0724. The van der Waals surface area contributed by atoms with Crippen molar-refractivity contribution in [2.75, 3.05) is 25.8 Å². The molecule has 0 saturated heterocycles. The number of nitrogens with one attached hydrogen (secondary N) is 1. The molecule has 0 radical (unpaired) electrons. The minimum atomic E-state index is -0.614. The topological polar surface area (TPSA) is 98.6 Å². The second-order valence-electron chi connectivity index (χ2n) is 5.91. The van der Waals surface area contributed by atoms with Crippen molar-refractivity contribution in [2.45, 2.75) is 11.4 Å². The van der Waals surface area contributed by atoms with Crippen LogP contribution < -0.4 is 19.5 Å². The molecule has 2 aromatic carbocycles. The van der Waals surface area contributed by atoms with Crippen LogP contribution in [0, 0.1) is 0 Å². The Labute approximate surface area is 165 Å². The van der Waals surface area contributed by atoms with Gasteiger partial charge in [0.05, 0.1) is 14.2 Å². The fourth-order valence-corrected chi connectivity index (χ4v) is 3.25. The van der Waals surface area contributed by atoms with Crippen molar-refractivity contribution in [3.05, 3.63) is 42.0 Å². The van der Waals surface area contributed by atoms with Crippen molar-refractivity contribution in [2.24, 2.45) is 0 Å². The molecule has 1 aromatic heterocycles. The van der Waals surface area contributed by atoms with Gasteiger partial charge in [0.2, 0.25) is 16.8 Å². The Balaban J connectivity index is 1.86. The highest BCUT2D eigenvalue weighted by atomic mass is 32.2.